The quantitative estimate of drug-likeness (QED) is 0.760. The molecule has 1 fully saturated rings. The minimum absolute atomic E-state index is 0.0116. The van der Waals surface area contributed by atoms with Gasteiger partial charge in [0.05, 0.1) is 5.69 Å². The summed E-state index contributed by atoms with van der Waals surface area (Å²) in [4.78, 5) is 25.8. The summed E-state index contributed by atoms with van der Waals surface area (Å²) in [6.07, 6.45) is 1.48. The topological polar surface area (TPSA) is 91.4 Å². The Morgan fingerprint density at radius 1 is 1.56 bits per heavy atom. The molecule has 1 aromatic rings. The van der Waals surface area contributed by atoms with Gasteiger partial charge >= 0.3 is 5.97 Å². The second-order valence-corrected chi connectivity index (χ2v) is 4.68. The number of aromatic amines is 1. The number of carboxylic acid groups (broad SMARTS) is 1. The third-order valence-electron chi connectivity index (χ3n) is 3.11. The van der Waals surface area contributed by atoms with Crippen LogP contribution in [-0.4, -0.2) is 34.2 Å². The number of nitrogens with one attached hydrogen (secondary N) is 2. The first-order chi connectivity index (χ1) is 8.42. The molecule has 1 amide bonds. The van der Waals surface area contributed by atoms with E-state index in [2.05, 4.69) is 10.3 Å². The average Bonchev–Trinajstić information content (AvgIpc) is 2.86. The van der Waals surface area contributed by atoms with Crippen LogP contribution in [0.3, 0.4) is 0 Å². The van der Waals surface area contributed by atoms with E-state index in [1.807, 2.05) is 0 Å². The fourth-order valence-corrected chi connectivity index (χ4v) is 2.07. The first-order valence-corrected chi connectivity index (χ1v) is 5.81. The summed E-state index contributed by atoms with van der Waals surface area (Å²) >= 11 is 0. The van der Waals surface area contributed by atoms with Gasteiger partial charge in [0.25, 0.3) is 5.91 Å². The Bertz CT molecular complexity index is 486. The van der Waals surface area contributed by atoms with Gasteiger partial charge < -0.3 is 20.1 Å². The summed E-state index contributed by atoms with van der Waals surface area (Å²) in [7, 11) is 0. The minimum atomic E-state index is -1.10. The predicted molar refractivity (Wildman–Crippen MR) is 64.7 cm³/mol. The van der Waals surface area contributed by atoms with Crippen molar-refractivity contribution in [3.8, 4) is 0 Å². The Balaban J connectivity index is 2.19. The lowest BCUT2D eigenvalue weighted by Gasteiger charge is -2.21. The SMILES string of the molecule is Cc1cc(NC(=O)C2(C)CCCO2)c(C(=O)O)[nH]1. The van der Waals surface area contributed by atoms with Crippen LogP contribution in [0.4, 0.5) is 5.69 Å². The van der Waals surface area contributed by atoms with Crippen molar-refractivity contribution in [3.05, 3.63) is 17.5 Å². The van der Waals surface area contributed by atoms with Crippen LogP contribution in [0.5, 0.6) is 0 Å². The zero-order chi connectivity index (χ0) is 13.3. The van der Waals surface area contributed by atoms with Crippen LogP contribution in [0, 0.1) is 6.92 Å². The smallest absolute Gasteiger partial charge is 0.354 e. The monoisotopic (exact) mass is 252 g/mol. The lowest BCUT2D eigenvalue weighted by atomic mass is 10.0. The molecule has 2 rings (SSSR count). The summed E-state index contributed by atoms with van der Waals surface area (Å²) in [5.41, 5.74) is 0.0883. The highest BCUT2D eigenvalue weighted by molar-refractivity contribution is 6.02. The number of aromatic carboxylic acids is 1. The molecule has 6 heteroatoms. The number of rotatable bonds is 3. The van der Waals surface area contributed by atoms with Crippen molar-refractivity contribution in [2.75, 3.05) is 11.9 Å². The predicted octanol–water partition coefficient (Wildman–Crippen LogP) is 1.53. The molecule has 0 spiro atoms. The van der Waals surface area contributed by atoms with Crippen LogP contribution < -0.4 is 5.32 Å². The van der Waals surface area contributed by atoms with Crippen LogP contribution in [0.15, 0.2) is 6.07 Å². The molecule has 18 heavy (non-hydrogen) atoms. The number of ether oxygens (including phenoxy) is 1. The largest absolute Gasteiger partial charge is 0.477 e. The molecular weight excluding hydrogens is 236 g/mol. The average molecular weight is 252 g/mol. The van der Waals surface area contributed by atoms with E-state index < -0.39 is 11.6 Å². The standard InChI is InChI=1S/C12H16N2O4/c1-7-6-8(9(13-7)10(15)16)14-11(17)12(2)4-3-5-18-12/h6,13H,3-5H2,1-2H3,(H,14,17)(H,15,16). The van der Waals surface area contributed by atoms with Crippen molar-refractivity contribution in [2.45, 2.75) is 32.3 Å². The fourth-order valence-electron chi connectivity index (χ4n) is 2.07. The van der Waals surface area contributed by atoms with Gasteiger partial charge in [0.15, 0.2) is 0 Å². The number of anilines is 1. The highest BCUT2D eigenvalue weighted by Crippen LogP contribution is 2.27. The van der Waals surface area contributed by atoms with Gasteiger partial charge in [-0.1, -0.05) is 0 Å². The minimum Gasteiger partial charge on any atom is -0.477 e. The third kappa shape index (κ3) is 2.24. The zero-order valence-corrected chi connectivity index (χ0v) is 10.4. The van der Waals surface area contributed by atoms with Crippen LogP contribution >= 0.6 is 0 Å². The molecule has 1 aliphatic rings. The Kier molecular flexibility index (Phi) is 3.13. The highest BCUT2D eigenvalue weighted by Gasteiger charge is 2.38. The van der Waals surface area contributed by atoms with E-state index >= 15 is 0 Å². The van der Waals surface area contributed by atoms with Gasteiger partial charge in [-0.25, -0.2) is 4.79 Å². The van der Waals surface area contributed by atoms with Gasteiger partial charge in [0.2, 0.25) is 0 Å². The van der Waals surface area contributed by atoms with Crippen LogP contribution in [-0.2, 0) is 9.53 Å². The number of carbonyl (C=O) groups excluding carboxylic acids is 1. The third-order valence-corrected chi connectivity index (χ3v) is 3.11. The Morgan fingerprint density at radius 2 is 2.28 bits per heavy atom. The lowest BCUT2D eigenvalue weighted by molar-refractivity contribution is -0.133. The maximum Gasteiger partial charge on any atom is 0.354 e. The summed E-state index contributed by atoms with van der Waals surface area (Å²) < 4.78 is 5.41. The van der Waals surface area contributed by atoms with Crippen molar-refractivity contribution in [2.24, 2.45) is 0 Å². The first kappa shape index (κ1) is 12.6. The zero-order valence-electron chi connectivity index (χ0n) is 10.4. The maximum absolute atomic E-state index is 12.1. The van der Waals surface area contributed by atoms with Crippen molar-refractivity contribution in [1.29, 1.82) is 0 Å². The lowest BCUT2D eigenvalue weighted by Crippen LogP contribution is -2.39. The van der Waals surface area contributed by atoms with Gasteiger partial charge in [-0.15, -0.1) is 0 Å². The van der Waals surface area contributed by atoms with Crippen molar-refractivity contribution < 1.29 is 19.4 Å². The molecule has 3 N–H and O–H groups in total. The van der Waals surface area contributed by atoms with E-state index in [-0.39, 0.29) is 17.3 Å². The molecule has 98 valence electrons. The molecule has 0 aromatic carbocycles. The molecule has 1 unspecified atom stereocenters. The summed E-state index contributed by atoms with van der Waals surface area (Å²) in [6, 6.07) is 1.60. The molecule has 0 aliphatic carbocycles. The summed E-state index contributed by atoms with van der Waals surface area (Å²) in [5.74, 6) is -1.41. The molecule has 1 atom stereocenters. The van der Waals surface area contributed by atoms with Gasteiger partial charge in [-0.2, -0.15) is 0 Å². The van der Waals surface area contributed by atoms with Crippen molar-refractivity contribution in [3.63, 3.8) is 0 Å². The van der Waals surface area contributed by atoms with Crippen LogP contribution in [0.2, 0.25) is 0 Å². The molecule has 6 nitrogen and oxygen atoms in total. The molecule has 1 aromatic heterocycles. The van der Waals surface area contributed by atoms with E-state index in [9.17, 15) is 9.59 Å². The number of aryl methyl sites for hydroxylation is 1. The summed E-state index contributed by atoms with van der Waals surface area (Å²) in [6.45, 7) is 4.01. The number of H-pyrrole nitrogens is 1. The molecular formula is C12H16N2O4. The van der Waals surface area contributed by atoms with E-state index in [1.165, 1.54) is 0 Å². The van der Waals surface area contributed by atoms with E-state index in [0.717, 1.165) is 6.42 Å². The van der Waals surface area contributed by atoms with Crippen LogP contribution in [0.25, 0.3) is 0 Å². The number of aromatic nitrogens is 1. The molecule has 0 bridgehead atoms. The van der Waals surface area contributed by atoms with Gasteiger partial charge in [0, 0.05) is 12.3 Å². The second kappa shape index (κ2) is 4.45. The fraction of sp³-hybridized carbons (Fsp3) is 0.500. The van der Waals surface area contributed by atoms with E-state index in [4.69, 9.17) is 9.84 Å². The highest BCUT2D eigenvalue weighted by atomic mass is 16.5. The maximum atomic E-state index is 12.1. The number of carboxylic acids is 1. The first-order valence-electron chi connectivity index (χ1n) is 5.81. The van der Waals surface area contributed by atoms with Crippen molar-refractivity contribution >= 4 is 17.6 Å². The Labute approximate surface area is 104 Å². The summed E-state index contributed by atoms with van der Waals surface area (Å²) in [5, 5.41) is 11.6. The van der Waals surface area contributed by atoms with Gasteiger partial charge in [-0.3, -0.25) is 4.79 Å². The van der Waals surface area contributed by atoms with E-state index in [1.54, 1.807) is 19.9 Å². The molecule has 2 heterocycles. The number of carbonyl (C=O) groups is 2. The number of hydrogen-bond acceptors (Lipinski definition) is 3. The second-order valence-electron chi connectivity index (χ2n) is 4.68. The van der Waals surface area contributed by atoms with Crippen LogP contribution in [0.1, 0.15) is 35.9 Å². The Morgan fingerprint density at radius 3 is 2.83 bits per heavy atom. The Hall–Kier alpha value is -1.82. The molecule has 0 saturated carbocycles. The van der Waals surface area contributed by atoms with Gasteiger partial charge in [-0.05, 0) is 32.8 Å². The van der Waals surface area contributed by atoms with E-state index in [0.29, 0.717) is 18.7 Å². The molecule has 1 aliphatic heterocycles. The molecule has 0 radical (unpaired) electrons. The van der Waals surface area contributed by atoms with Crippen molar-refractivity contribution in [1.82, 2.24) is 4.98 Å². The number of amides is 1. The van der Waals surface area contributed by atoms with Gasteiger partial charge in [0.1, 0.15) is 11.3 Å². The normalized spacial score (nSPS) is 23.0. The molecule has 1 saturated heterocycles. The number of hydrogen-bond donors (Lipinski definition) is 3.